The van der Waals surface area contributed by atoms with Gasteiger partial charge < -0.3 is 4.42 Å². The maximum absolute atomic E-state index is 6.01. The summed E-state index contributed by atoms with van der Waals surface area (Å²) < 4.78 is 6.01. The van der Waals surface area contributed by atoms with Crippen molar-refractivity contribution in [2.24, 2.45) is 0 Å². The maximum atomic E-state index is 6.01. The highest BCUT2D eigenvalue weighted by molar-refractivity contribution is 6.11. The van der Waals surface area contributed by atoms with Gasteiger partial charge in [0.1, 0.15) is 11.2 Å². The van der Waals surface area contributed by atoms with Gasteiger partial charge in [-0.05, 0) is 35.3 Å². The zero-order valence-corrected chi connectivity index (χ0v) is 13.1. The van der Waals surface area contributed by atoms with Gasteiger partial charge in [0, 0.05) is 10.8 Å². The topological polar surface area (TPSA) is 13.1 Å². The van der Waals surface area contributed by atoms with Gasteiger partial charge in [-0.3, -0.25) is 0 Å². The molecule has 1 aromatic heterocycles. The summed E-state index contributed by atoms with van der Waals surface area (Å²) in [7, 11) is 0. The fourth-order valence-electron chi connectivity index (χ4n) is 3.16. The average molecular weight is 298 g/mol. The average Bonchev–Trinajstić information content (AvgIpc) is 2.99. The summed E-state index contributed by atoms with van der Waals surface area (Å²) >= 11 is 0. The van der Waals surface area contributed by atoms with E-state index in [2.05, 4.69) is 67.6 Å². The zero-order valence-electron chi connectivity index (χ0n) is 13.1. The molecule has 0 radical (unpaired) electrons. The normalized spacial score (nSPS) is 12.1. The molecule has 0 bridgehead atoms. The standard InChI is InChI=1S/C22H18O/c1-2-17(15-16-9-4-3-5-10-16)18-12-8-14-21-22(18)19-11-6-7-13-20(19)23-21/h3-15H,2H2,1H3/b17-15+. The van der Waals surface area contributed by atoms with Gasteiger partial charge >= 0.3 is 0 Å². The van der Waals surface area contributed by atoms with Crippen LogP contribution in [0.4, 0.5) is 0 Å². The highest BCUT2D eigenvalue weighted by atomic mass is 16.3. The molecule has 0 spiro atoms. The van der Waals surface area contributed by atoms with Crippen molar-refractivity contribution >= 4 is 33.6 Å². The predicted molar refractivity (Wildman–Crippen MR) is 98.3 cm³/mol. The Hall–Kier alpha value is -2.80. The van der Waals surface area contributed by atoms with E-state index in [-0.39, 0.29) is 0 Å². The van der Waals surface area contributed by atoms with Crippen LogP contribution in [0.15, 0.2) is 77.2 Å². The van der Waals surface area contributed by atoms with Crippen LogP contribution in [-0.2, 0) is 0 Å². The SMILES string of the molecule is CC/C(=C\c1ccccc1)c1cccc2oc3ccccc3c12. The Morgan fingerprint density at radius 1 is 0.826 bits per heavy atom. The van der Waals surface area contributed by atoms with Gasteiger partial charge in [0.2, 0.25) is 0 Å². The molecule has 3 aromatic carbocycles. The molecule has 0 aliphatic carbocycles. The quantitative estimate of drug-likeness (QED) is 0.391. The lowest BCUT2D eigenvalue weighted by molar-refractivity contribution is 0.669. The van der Waals surface area contributed by atoms with Crippen molar-refractivity contribution in [3.05, 3.63) is 83.9 Å². The van der Waals surface area contributed by atoms with Crippen molar-refractivity contribution < 1.29 is 4.42 Å². The lowest BCUT2D eigenvalue weighted by atomic mass is 9.96. The Balaban J connectivity index is 1.98. The summed E-state index contributed by atoms with van der Waals surface area (Å²) in [6, 6.07) is 25.1. The number of rotatable bonds is 3. The highest BCUT2D eigenvalue weighted by Gasteiger charge is 2.12. The molecule has 0 saturated heterocycles. The van der Waals surface area contributed by atoms with E-state index in [0.29, 0.717) is 0 Å². The molecular weight excluding hydrogens is 280 g/mol. The molecule has 0 aliphatic rings. The molecule has 1 heteroatoms. The second-order valence-corrected chi connectivity index (χ2v) is 5.71. The summed E-state index contributed by atoms with van der Waals surface area (Å²) in [4.78, 5) is 0. The molecule has 1 nitrogen and oxygen atoms in total. The van der Waals surface area contributed by atoms with E-state index in [0.717, 1.165) is 17.6 Å². The van der Waals surface area contributed by atoms with E-state index in [9.17, 15) is 0 Å². The van der Waals surface area contributed by atoms with E-state index >= 15 is 0 Å². The number of furan rings is 1. The molecule has 0 N–H and O–H groups in total. The van der Waals surface area contributed by atoms with Crippen LogP contribution < -0.4 is 0 Å². The van der Waals surface area contributed by atoms with Gasteiger partial charge in [-0.2, -0.15) is 0 Å². The Labute approximate surface area is 135 Å². The fraction of sp³-hybridized carbons (Fsp3) is 0.0909. The lowest BCUT2D eigenvalue weighted by Crippen LogP contribution is -1.85. The maximum Gasteiger partial charge on any atom is 0.136 e. The third-order valence-corrected chi connectivity index (χ3v) is 4.27. The Morgan fingerprint density at radius 3 is 2.39 bits per heavy atom. The Kier molecular flexibility index (Phi) is 3.47. The molecule has 0 amide bonds. The molecule has 112 valence electrons. The molecule has 0 unspecified atom stereocenters. The van der Waals surface area contributed by atoms with Crippen LogP contribution in [-0.4, -0.2) is 0 Å². The third kappa shape index (κ3) is 2.44. The zero-order chi connectivity index (χ0) is 15.6. The van der Waals surface area contributed by atoms with Gasteiger partial charge in [0.15, 0.2) is 0 Å². The van der Waals surface area contributed by atoms with Gasteiger partial charge in [-0.15, -0.1) is 0 Å². The van der Waals surface area contributed by atoms with E-state index in [1.807, 2.05) is 18.2 Å². The van der Waals surface area contributed by atoms with Crippen LogP contribution in [0.3, 0.4) is 0 Å². The molecular formula is C22H18O. The third-order valence-electron chi connectivity index (χ3n) is 4.27. The van der Waals surface area contributed by atoms with Crippen LogP contribution in [0, 0.1) is 0 Å². The summed E-state index contributed by atoms with van der Waals surface area (Å²) in [5.41, 5.74) is 5.72. The minimum atomic E-state index is 0.949. The number of allylic oxidation sites excluding steroid dienone is 1. The van der Waals surface area contributed by atoms with Crippen LogP contribution in [0.1, 0.15) is 24.5 Å². The fourth-order valence-corrected chi connectivity index (χ4v) is 3.16. The number of para-hydroxylation sites is 1. The number of fused-ring (bicyclic) bond motifs is 3. The first-order valence-electron chi connectivity index (χ1n) is 8.03. The molecule has 0 aliphatic heterocycles. The summed E-state index contributed by atoms with van der Waals surface area (Å²) in [6.07, 6.45) is 3.25. The van der Waals surface area contributed by atoms with Gasteiger partial charge in [-0.25, -0.2) is 0 Å². The molecule has 1 heterocycles. The Morgan fingerprint density at radius 2 is 1.57 bits per heavy atom. The summed E-state index contributed by atoms with van der Waals surface area (Å²) in [5, 5.41) is 2.40. The lowest BCUT2D eigenvalue weighted by Gasteiger charge is -2.07. The van der Waals surface area contributed by atoms with Gasteiger partial charge in [0.05, 0.1) is 0 Å². The molecule has 0 atom stereocenters. The molecule has 0 saturated carbocycles. The van der Waals surface area contributed by atoms with Crippen molar-refractivity contribution in [2.75, 3.05) is 0 Å². The van der Waals surface area contributed by atoms with Crippen molar-refractivity contribution in [3.63, 3.8) is 0 Å². The number of benzene rings is 3. The minimum absolute atomic E-state index is 0.949. The second kappa shape index (κ2) is 5.77. The molecule has 4 aromatic rings. The molecule has 0 fully saturated rings. The first-order valence-corrected chi connectivity index (χ1v) is 8.03. The van der Waals surface area contributed by atoms with E-state index in [4.69, 9.17) is 4.42 Å². The Bertz CT molecular complexity index is 990. The summed E-state index contributed by atoms with van der Waals surface area (Å²) in [5.74, 6) is 0. The predicted octanol–water partition coefficient (Wildman–Crippen LogP) is 6.54. The summed E-state index contributed by atoms with van der Waals surface area (Å²) in [6.45, 7) is 2.20. The van der Waals surface area contributed by atoms with E-state index in [1.165, 1.54) is 27.5 Å². The number of hydrogen-bond donors (Lipinski definition) is 0. The minimum Gasteiger partial charge on any atom is -0.456 e. The van der Waals surface area contributed by atoms with Crippen LogP contribution in [0.2, 0.25) is 0 Å². The van der Waals surface area contributed by atoms with Crippen molar-refractivity contribution in [1.82, 2.24) is 0 Å². The van der Waals surface area contributed by atoms with E-state index in [1.54, 1.807) is 0 Å². The van der Waals surface area contributed by atoms with E-state index < -0.39 is 0 Å². The molecule has 4 rings (SSSR count). The largest absolute Gasteiger partial charge is 0.456 e. The monoisotopic (exact) mass is 298 g/mol. The van der Waals surface area contributed by atoms with Gasteiger partial charge in [0.25, 0.3) is 0 Å². The van der Waals surface area contributed by atoms with Crippen molar-refractivity contribution in [3.8, 4) is 0 Å². The smallest absolute Gasteiger partial charge is 0.136 e. The molecule has 23 heavy (non-hydrogen) atoms. The van der Waals surface area contributed by atoms with Crippen LogP contribution in [0.5, 0.6) is 0 Å². The van der Waals surface area contributed by atoms with Crippen LogP contribution in [0.25, 0.3) is 33.6 Å². The van der Waals surface area contributed by atoms with Crippen LogP contribution >= 0.6 is 0 Å². The van der Waals surface area contributed by atoms with Crippen molar-refractivity contribution in [1.29, 1.82) is 0 Å². The first-order chi connectivity index (χ1) is 11.4. The second-order valence-electron chi connectivity index (χ2n) is 5.71. The van der Waals surface area contributed by atoms with Gasteiger partial charge in [-0.1, -0.05) is 73.7 Å². The number of hydrogen-bond acceptors (Lipinski definition) is 1. The van der Waals surface area contributed by atoms with Crippen molar-refractivity contribution in [2.45, 2.75) is 13.3 Å². The first kappa shape index (κ1) is 13.8. The highest BCUT2D eigenvalue weighted by Crippen LogP contribution is 2.35.